The molecule has 0 atom stereocenters. The zero-order chi connectivity index (χ0) is 19.1. The first-order valence-electron chi connectivity index (χ1n) is 9.10. The van der Waals surface area contributed by atoms with Gasteiger partial charge in [0.15, 0.2) is 0 Å². The molecule has 136 valence electrons. The standard InChI is InChI=1S/C24H18N2O2/c1-28-19-12-8-17(9-13-19)24(16-6-10-18(27)11-7-16)20-4-2-14-25-22(20)23-21(24)5-3-15-26-23/h2-15,27H,1H3. The highest BCUT2D eigenvalue weighted by atomic mass is 16.5. The zero-order valence-corrected chi connectivity index (χ0v) is 15.3. The van der Waals surface area contributed by atoms with E-state index in [-0.39, 0.29) is 5.75 Å². The maximum atomic E-state index is 9.87. The lowest BCUT2D eigenvalue weighted by atomic mass is 9.68. The molecule has 4 heteroatoms. The summed E-state index contributed by atoms with van der Waals surface area (Å²) in [6.45, 7) is 0. The molecule has 0 aliphatic heterocycles. The molecule has 2 aromatic heterocycles. The Morgan fingerprint density at radius 1 is 0.714 bits per heavy atom. The van der Waals surface area contributed by atoms with Gasteiger partial charge in [-0.3, -0.25) is 9.97 Å². The molecule has 2 heterocycles. The fourth-order valence-corrected chi connectivity index (χ4v) is 4.28. The van der Waals surface area contributed by atoms with Crippen molar-refractivity contribution >= 4 is 0 Å². The normalized spacial score (nSPS) is 13.6. The minimum Gasteiger partial charge on any atom is -0.508 e. The molecule has 0 amide bonds. The average Bonchev–Trinajstić information content (AvgIpc) is 3.06. The predicted octanol–water partition coefficient (Wildman–Crippen LogP) is 4.55. The topological polar surface area (TPSA) is 55.2 Å². The molecule has 2 aromatic carbocycles. The van der Waals surface area contributed by atoms with Crippen molar-refractivity contribution in [2.45, 2.75) is 5.41 Å². The Bertz CT molecular complexity index is 1110. The van der Waals surface area contributed by atoms with Gasteiger partial charge in [-0.25, -0.2) is 0 Å². The van der Waals surface area contributed by atoms with Gasteiger partial charge in [0.05, 0.1) is 23.9 Å². The van der Waals surface area contributed by atoms with E-state index in [2.05, 4.69) is 34.2 Å². The molecule has 28 heavy (non-hydrogen) atoms. The molecule has 0 fully saturated rings. The molecule has 0 unspecified atom stereocenters. The lowest BCUT2D eigenvalue weighted by Gasteiger charge is -2.33. The SMILES string of the molecule is COc1ccc(C2(c3ccc(O)cc3)c3cccnc3-c3ncccc32)cc1. The van der Waals surface area contributed by atoms with Crippen molar-refractivity contribution in [1.29, 1.82) is 0 Å². The number of nitrogens with zero attached hydrogens (tertiary/aromatic N) is 2. The summed E-state index contributed by atoms with van der Waals surface area (Å²) in [7, 11) is 1.67. The average molecular weight is 366 g/mol. The maximum Gasteiger partial charge on any atom is 0.118 e. The number of benzene rings is 2. The highest BCUT2D eigenvalue weighted by molar-refractivity contribution is 5.81. The van der Waals surface area contributed by atoms with Gasteiger partial charge >= 0.3 is 0 Å². The molecular formula is C24H18N2O2. The molecule has 0 bridgehead atoms. The summed E-state index contributed by atoms with van der Waals surface area (Å²) in [4.78, 5) is 9.32. The Hall–Kier alpha value is -3.66. The third kappa shape index (κ3) is 2.18. The number of phenols is 1. The van der Waals surface area contributed by atoms with E-state index >= 15 is 0 Å². The van der Waals surface area contributed by atoms with Gasteiger partial charge in [0.25, 0.3) is 0 Å². The Balaban J connectivity index is 1.91. The Morgan fingerprint density at radius 3 is 1.71 bits per heavy atom. The Kier molecular flexibility index (Phi) is 3.66. The van der Waals surface area contributed by atoms with Crippen LogP contribution < -0.4 is 4.74 Å². The molecular weight excluding hydrogens is 348 g/mol. The largest absolute Gasteiger partial charge is 0.508 e. The van der Waals surface area contributed by atoms with Gasteiger partial charge in [-0.2, -0.15) is 0 Å². The van der Waals surface area contributed by atoms with Crippen molar-refractivity contribution in [3.05, 3.63) is 107 Å². The molecule has 0 saturated carbocycles. The van der Waals surface area contributed by atoms with Gasteiger partial charge in [0.1, 0.15) is 11.5 Å². The molecule has 1 aliphatic rings. The second kappa shape index (κ2) is 6.20. The summed E-state index contributed by atoms with van der Waals surface area (Å²) in [5.74, 6) is 1.05. The van der Waals surface area contributed by atoms with Crippen LogP contribution in [-0.4, -0.2) is 22.2 Å². The Morgan fingerprint density at radius 2 is 1.21 bits per heavy atom. The summed E-state index contributed by atoms with van der Waals surface area (Å²) in [5, 5.41) is 9.87. The van der Waals surface area contributed by atoms with E-state index in [1.807, 2.05) is 36.4 Å². The monoisotopic (exact) mass is 366 g/mol. The molecule has 0 radical (unpaired) electrons. The van der Waals surface area contributed by atoms with E-state index in [0.29, 0.717) is 0 Å². The second-order valence-corrected chi connectivity index (χ2v) is 6.82. The van der Waals surface area contributed by atoms with Gasteiger partial charge in [-0.1, -0.05) is 36.4 Å². The molecule has 0 saturated heterocycles. The third-order valence-electron chi connectivity index (χ3n) is 5.47. The van der Waals surface area contributed by atoms with Crippen molar-refractivity contribution in [3.8, 4) is 22.9 Å². The van der Waals surface area contributed by atoms with Gasteiger partial charge in [-0.15, -0.1) is 0 Å². The van der Waals surface area contributed by atoms with Crippen LogP contribution in [0.2, 0.25) is 0 Å². The fourth-order valence-electron chi connectivity index (χ4n) is 4.28. The van der Waals surface area contributed by atoms with Gasteiger partial charge in [0.2, 0.25) is 0 Å². The fraction of sp³-hybridized carbons (Fsp3) is 0.0833. The number of rotatable bonds is 3. The van der Waals surface area contributed by atoms with Crippen molar-refractivity contribution in [2.75, 3.05) is 7.11 Å². The number of pyridine rings is 2. The molecule has 5 rings (SSSR count). The minimum absolute atomic E-state index is 0.240. The van der Waals surface area contributed by atoms with E-state index in [4.69, 9.17) is 4.74 Å². The highest BCUT2D eigenvalue weighted by Crippen LogP contribution is 2.54. The first-order chi connectivity index (χ1) is 13.7. The molecule has 4 nitrogen and oxygen atoms in total. The van der Waals surface area contributed by atoms with Crippen LogP contribution in [0.3, 0.4) is 0 Å². The van der Waals surface area contributed by atoms with Crippen LogP contribution in [0.25, 0.3) is 11.4 Å². The quantitative estimate of drug-likeness (QED) is 0.509. The summed E-state index contributed by atoms with van der Waals surface area (Å²) in [6, 6.07) is 23.7. The number of phenolic OH excluding ortho intramolecular Hbond substituents is 1. The first-order valence-corrected chi connectivity index (χ1v) is 9.10. The molecule has 1 aliphatic carbocycles. The third-order valence-corrected chi connectivity index (χ3v) is 5.47. The lowest BCUT2D eigenvalue weighted by Crippen LogP contribution is -2.28. The van der Waals surface area contributed by atoms with Gasteiger partial charge in [0, 0.05) is 12.4 Å². The molecule has 0 spiro atoms. The van der Waals surface area contributed by atoms with Gasteiger partial charge < -0.3 is 9.84 Å². The van der Waals surface area contributed by atoms with Crippen LogP contribution in [0.15, 0.2) is 85.2 Å². The first kappa shape index (κ1) is 16.5. The summed E-state index contributed by atoms with van der Waals surface area (Å²) < 4.78 is 5.37. The van der Waals surface area contributed by atoms with Crippen molar-refractivity contribution in [2.24, 2.45) is 0 Å². The Labute approximate surface area is 163 Å². The van der Waals surface area contributed by atoms with Crippen LogP contribution in [0.4, 0.5) is 0 Å². The van der Waals surface area contributed by atoms with Crippen LogP contribution in [-0.2, 0) is 5.41 Å². The smallest absolute Gasteiger partial charge is 0.118 e. The number of hydrogen-bond donors (Lipinski definition) is 1. The predicted molar refractivity (Wildman–Crippen MR) is 108 cm³/mol. The van der Waals surface area contributed by atoms with E-state index in [0.717, 1.165) is 39.4 Å². The summed E-state index contributed by atoms with van der Waals surface area (Å²) in [6.07, 6.45) is 3.61. The van der Waals surface area contributed by atoms with Crippen molar-refractivity contribution in [1.82, 2.24) is 9.97 Å². The van der Waals surface area contributed by atoms with Crippen molar-refractivity contribution < 1.29 is 9.84 Å². The molecule has 4 aromatic rings. The maximum absolute atomic E-state index is 9.87. The van der Waals surface area contributed by atoms with Crippen LogP contribution >= 0.6 is 0 Å². The van der Waals surface area contributed by atoms with E-state index in [9.17, 15) is 5.11 Å². The van der Waals surface area contributed by atoms with Crippen LogP contribution in [0.1, 0.15) is 22.3 Å². The number of hydrogen-bond acceptors (Lipinski definition) is 4. The molecule has 1 N–H and O–H groups in total. The highest BCUT2D eigenvalue weighted by Gasteiger charge is 2.47. The van der Waals surface area contributed by atoms with E-state index in [1.165, 1.54) is 0 Å². The van der Waals surface area contributed by atoms with E-state index < -0.39 is 5.41 Å². The number of methoxy groups -OCH3 is 1. The van der Waals surface area contributed by atoms with Crippen LogP contribution in [0.5, 0.6) is 11.5 Å². The number of aromatic hydroxyl groups is 1. The number of fused-ring (bicyclic) bond motifs is 3. The second-order valence-electron chi connectivity index (χ2n) is 6.82. The zero-order valence-electron chi connectivity index (χ0n) is 15.3. The minimum atomic E-state index is -0.562. The summed E-state index contributed by atoms with van der Waals surface area (Å²) >= 11 is 0. The van der Waals surface area contributed by atoms with Crippen LogP contribution in [0, 0.1) is 0 Å². The number of ether oxygens (including phenoxy) is 1. The number of aromatic nitrogens is 2. The lowest BCUT2D eigenvalue weighted by molar-refractivity contribution is 0.414. The van der Waals surface area contributed by atoms with E-state index in [1.54, 1.807) is 31.6 Å². The van der Waals surface area contributed by atoms with Crippen molar-refractivity contribution in [3.63, 3.8) is 0 Å². The van der Waals surface area contributed by atoms with Gasteiger partial charge in [-0.05, 0) is 58.7 Å². The summed E-state index contributed by atoms with van der Waals surface area (Å²) in [5.41, 5.74) is 5.53.